The van der Waals surface area contributed by atoms with Gasteiger partial charge in [-0.15, -0.1) is 0 Å². The number of likely N-dealkylation sites (N-methyl/N-ethyl adjacent to an activating group) is 1. The molecule has 1 heterocycles. The Bertz CT molecular complexity index is 440. The predicted molar refractivity (Wildman–Crippen MR) is 71.7 cm³/mol. The second kappa shape index (κ2) is 6.17. The van der Waals surface area contributed by atoms with Crippen molar-refractivity contribution in [3.05, 3.63) is 24.4 Å². The number of aromatic nitrogens is 1. The van der Waals surface area contributed by atoms with Crippen molar-refractivity contribution in [2.45, 2.75) is 26.4 Å². The molecule has 0 unspecified atom stereocenters. The van der Waals surface area contributed by atoms with E-state index in [0.29, 0.717) is 5.82 Å². The number of rotatable bonds is 3. The topological polar surface area (TPSA) is 71.5 Å². The summed E-state index contributed by atoms with van der Waals surface area (Å²) in [4.78, 5) is 28.5. The van der Waals surface area contributed by atoms with E-state index in [1.807, 2.05) is 0 Å². The second-order valence-corrected chi connectivity index (χ2v) is 5.10. The van der Waals surface area contributed by atoms with Crippen LogP contribution in [0.3, 0.4) is 0 Å². The number of amides is 2. The molecule has 0 aliphatic rings. The van der Waals surface area contributed by atoms with Crippen molar-refractivity contribution in [2.75, 3.05) is 18.9 Å². The predicted octanol–water partition coefficient (Wildman–Crippen LogP) is 1.89. The molecule has 1 rings (SSSR count). The van der Waals surface area contributed by atoms with E-state index in [2.05, 4.69) is 10.3 Å². The van der Waals surface area contributed by atoms with Crippen molar-refractivity contribution in [3.8, 4) is 0 Å². The highest BCUT2D eigenvalue weighted by molar-refractivity contribution is 5.92. The summed E-state index contributed by atoms with van der Waals surface area (Å²) >= 11 is 0. The van der Waals surface area contributed by atoms with Gasteiger partial charge in [0.1, 0.15) is 18.0 Å². The lowest BCUT2D eigenvalue weighted by Crippen LogP contribution is -2.38. The fourth-order valence-corrected chi connectivity index (χ4v) is 1.24. The third kappa shape index (κ3) is 5.85. The highest BCUT2D eigenvalue weighted by Gasteiger charge is 2.21. The summed E-state index contributed by atoms with van der Waals surface area (Å²) in [5.41, 5.74) is -0.581. The Labute approximate surface area is 112 Å². The average molecular weight is 265 g/mol. The van der Waals surface area contributed by atoms with Gasteiger partial charge in [0.25, 0.3) is 0 Å². The van der Waals surface area contributed by atoms with Crippen LogP contribution in [0.25, 0.3) is 0 Å². The first-order chi connectivity index (χ1) is 8.78. The summed E-state index contributed by atoms with van der Waals surface area (Å²) in [6.45, 7) is 5.22. The molecular weight excluding hydrogens is 246 g/mol. The first kappa shape index (κ1) is 14.9. The minimum atomic E-state index is -0.581. The first-order valence-corrected chi connectivity index (χ1v) is 5.93. The lowest BCUT2D eigenvalue weighted by molar-refractivity contribution is -0.117. The van der Waals surface area contributed by atoms with Crippen LogP contribution in [0, 0.1) is 0 Å². The van der Waals surface area contributed by atoms with E-state index >= 15 is 0 Å². The van der Waals surface area contributed by atoms with Crippen LogP contribution < -0.4 is 5.32 Å². The van der Waals surface area contributed by atoms with Crippen LogP contribution in [0.1, 0.15) is 20.8 Å². The van der Waals surface area contributed by atoms with E-state index in [0.717, 1.165) is 0 Å². The standard InChI is InChI=1S/C13H19N3O3/c1-13(2,3)19-12(18)16(4)9-11(17)15-10-7-5-6-8-14-10/h5-8H,9H2,1-4H3,(H,14,15,17). The van der Waals surface area contributed by atoms with Crippen molar-refractivity contribution in [1.29, 1.82) is 0 Å². The summed E-state index contributed by atoms with van der Waals surface area (Å²) in [5.74, 6) is 0.122. The average Bonchev–Trinajstić information content (AvgIpc) is 2.27. The molecule has 0 spiro atoms. The smallest absolute Gasteiger partial charge is 0.410 e. The zero-order valence-electron chi connectivity index (χ0n) is 11.6. The largest absolute Gasteiger partial charge is 0.444 e. The highest BCUT2D eigenvalue weighted by Crippen LogP contribution is 2.09. The van der Waals surface area contributed by atoms with Crippen LogP contribution in [-0.4, -0.2) is 41.1 Å². The molecule has 0 bridgehead atoms. The van der Waals surface area contributed by atoms with E-state index in [1.165, 1.54) is 11.9 Å². The number of nitrogens with zero attached hydrogens (tertiary/aromatic N) is 2. The summed E-state index contributed by atoms with van der Waals surface area (Å²) in [6, 6.07) is 5.19. The van der Waals surface area contributed by atoms with E-state index < -0.39 is 11.7 Å². The molecular formula is C13H19N3O3. The van der Waals surface area contributed by atoms with Gasteiger partial charge in [-0.3, -0.25) is 4.79 Å². The second-order valence-electron chi connectivity index (χ2n) is 5.10. The fraction of sp³-hybridized carbons (Fsp3) is 0.462. The molecule has 0 aromatic carbocycles. The minimum absolute atomic E-state index is 0.0918. The van der Waals surface area contributed by atoms with Gasteiger partial charge in [-0.1, -0.05) is 6.07 Å². The molecule has 1 aromatic rings. The van der Waals surface area contributed by atoms with Gasteiger partial charge in [0.2, 0.25) is 5.91 Å². The number of hydrogen-bond donors (Lipinski definition) is 1. The van der Waals surface area contributed by atoms with Gasteiger partial charge in [0, 0.05) is 13.2 Å². The Balaban J connectivity index is 2.46. The Morgan fingerprint density at radius 2 is 2.05 bits per heavy atom. The van der Waals surface area contributed by atoms with Gasteiger partial charge >= 0.3 is 6.09 Å². The molecule has 2 amide bonds. The maximum atomic E-state index is 11.7. The number of anilines is 1. The molecule has 0 aliphatic carbocycles. The molecule has 0 fully saturated rings. The molecule has 6 heteroatoms. The van der Waals surface area contributed by atoms with Crippen LogP contribution >= 0.6 is 0 Å². The molecule has 6 nitrogen and oxygen atoms in total. The Kier molecular flexibility index (Phi) is 4.86. The summed E-state index contributed by atoms with van der Waals surface area (Å²) in [7, 11) is 1.51. The third-order valence-corrected chi connectivity index (χ3v) is 2.02. The highest BCUT2D eigenvalue weighted by atomic mass is 16.6. The third-order valence-electron chi connectivity index (χ3n) is 2.02. The SMILES string of the molecule is CN(CC(=O)Nc1ccccn1)C(=O)OC(C)(C)C. The Morgan fingerprint density at radius 1 is 1.37 bits per heavy atom. The van der Waals surface area contributed by atoms with Crippen molar-refractivity contribution in [3.63, 3.8) is 0 Å². The van der Waals surface area contributed by atoms with Gasteiger partial charge < -0.3 is 15.0 Å². The number of ether oxygens (including phenoxy) is 1. The quantitative estimate of drug-likeness (QED) is 0.905. The number of carbonyl (C=O) groups excluding carboxylic acids is 2. The summed E-state index contributed by atoms with van der Waals surface area (Å²) in [6.07, 6.45) is 1.04. The van der Waals surface area contributed by atoms with Crippen molar-refractivity contribution < 1.29 is 14.3 Å². The molecule has 104 valence electrons. The van der Waals surface area contributed by atoms with Crippen LogP contribution in [0.4, 0.5) is 10.6 Å². The van der Waals surface area contributed by atoms with Gasteiger partial charge in [-0.2, -0.15) is 0 Å². The van der Waals surface area contributed by atoms with Crippen molar-refractivity contribution in [2.24, 2.45) is 0 Å². The van der Waals surface area contributed by atoms with Gasteiger partial charge in [0.05, 0.1) is 0 Å². The zero-order valence-corrected chi connectivity index (χ0v) is 11.6. The maximum Gasteiger partial charge on any atom is 0.410 e. The summed E-state index contributed by atoms with van der Waals surface area (Å²) in [5, 5.41) is 2.59. The fourth-order valence-electron chi connectivity index (χ4n) is 1.24. The van der Waals surface area contributed by atoms with Crippen molar-refractivity contribution in [1.82, 2.24) is 9.88 Å². The molecule has 19 heavy (non-hydrogen) atoms. The maximum absolute atomic E-state index is 11.7. The lowest BCUT2D eigenvalue weighted by Gasteiger charge is -2.24. The van der Waals surface area contributed by atoms with Gasteiger partial charge in [-0.05, 0) is 32.9 Å². The van der Waals surface area contributed by atoms with Crippen molar-refractivity contribution >= 4 is 17.8 Å². The molecule has 0 aliphatic heterocycles. The zero-order chi connectivity index (χ0) is 14.5. The normalized spacial score (nSPS) is 10.7. The molecule has 0 radical (unpaired) electrons. The van der Waals surface area contributed by atoms with Gasteiger partial charge in [0.15, 0.2) is 0 Å². The molecule has 1 aromatic heterocycles. The number of nitrogens with one attached hydrogen (secondary N) is 1. The van der Waals surface area contributed by atoms with E-state index in [1.54, 1.807) is 45.2 Å². The molecule has 0 atom stereocenters. The van der Waals surface area contributed by atoms with Crippen LogP contribution in [0.5, 0.6) is 0 Å². The van der Waals surface area contributed by atoms with Crippen LogP contribution in [0.15, 0.2) is 24.4 Å². The first-order valence-electron chi connectivity index (χ1n) is 5.93. The molecule has 0 saturated heterocycles. The summed E-state index contributed by atoms with van der Waals surface area (Å²) < 4.78 is 5.14. The Hall–Kier alpha value is -2.11. The van der Waals surface area contributed by atoms with E-state index in [4.69, 9.17) is 4.74 Å². The number of hydrogen-bond acceptors (Lipinski definition) is 4. The van der Waals surface area contributed by atoms with Crippen LogP contribution in [0.2, 0.25) is 0 Å². The minimum Gasteiger partial charge on any atom is -0.444 e. The van der Waals surface area contributed by atoms with E-state index in [9.17, 15) is 9.59 Å². The lowest BCUT2D eigenvalue weighted by atomic mass is 10.2. The number of pyridine rings is 1. The molecule has 0 saturated carbocycles. The monoisotopic (exact) mass is 265 g/mol. The molecule has 1 N–H and O–H groups in total. The van der Waals surface area contributed by atoms with Gasteiger partial charge in [-0.25, -0.2) is 9.78 Å². The van der Waals surface area contributed by atoms with E-state index in [-0.39, 0.29) is 12.5 Å². The number of carbonyl (C=O) groups is 2. The van der Waals surface area contributed by atoms with Crippen LogP contribution in [-0.2, 0) is 9.53 Å². The Morgan fingerprint density at radius 3 is 2.58 bits per heavy atom.